The summed E-state index contributed by atoms with van der Waals surface area (Å²) in [5, 5.41) is 0. The molecule has 0 aromatic carbocycles. The number of pyridine rings is 1. The van der Waals surface area contributed by atoms with Crippen LogP contribution in [0.5, 0.6) is 5.75 Å². The fourth-order valence-corrected chi connectivity index (χ4v) is 1.58. The molecule has 1 heterocycles. The molecule has 0 unspecified atom stereocenters. The average molecular weight is 279 g/mol. The first-order valence-electron chi connectivity index (χ1n) is 6.44. The fraction of sp³-hybridized carbons (Fsp3) is 0.438. The Balaban J connectivity index is 0.00000154. The highest BCUT2D eigenvalue weighted by Gasteiger charge is 2.21. The standard InChI is InChI=1S/C14H19NOS.C2H6/c1-9(2)13-12(17)7-11(8-15-13)16-14(5,6)10(3)4;1-2/h7-8,17H,1,3H2,2,4-6H3;1-2H3. The van der Waals surface area contributed by atoms with E-state index in [0.717, 1.165) is 21.7 Å². The van der Waals surface area contributed by atoms with Crippen molar-refractivity contribution in [2.24, 2.45) is 0 Å². The zero-order valence-corrected chi connectivity index (χ0v) is 13.8. The van der Waals surface area contributed by atoms with Gasteiger partial charge in [0.15, 0.2) is 0 Å². The molecule has 0 fully saturated rings. The fourth-order valence-electron chi connectivity index (χ4n) is 1.20. The predicted octanol–water partition coefficient (Wildman–Crippen LogP) is 5.16. The summed E-state index contributed by atoms with van der Waals surface area (Å²) in [6, 6.07) is 1.85. The summed E-state index contributed by atoms with van der Waals surface area (Å²) in [4.78, 5) is 5.06. The Hall–Kier alpha value is -1.22. The van der Waals surface area contributed by atoms with Crippen molar-refractivity contribution in [1.29, 1.82) is 0 Å². The van der Waals surface area contributed by atoms with Crippen LogP contribution in [0.2, 0.25) is 0 Å². The first-order valence-corrected chi connectivity index (χ1v) is 6.88. The monoisotopic (exact) mass is 279 g/mol. The van der Waals surface area contributed by atoms with Gasteiger partial charge in [0.1, 0.15) is 11.4 Å². The lowest BCUT2D eigenvalue weighted by atomic mass is 10.0. The minimum Gasteiger partial charge on any atom is -0.482 e. The number of aromatic nitrogens is 1. The molecule has 106 valence electrons. The van der Waals surface area contributed by atoms with E-state index in [-0.39, 0.29) is 0 Å². The molecule has 1 aromatic rings. The number of ether oxygens (including phenoxy) is 1. The topological polar surface area (TPSA) is 22.1 Å². The van der Waals surface area contributed by atoms with Gasteiger partial charge >= 0.3 is 0 Å². The van der Waals surface area contributed by atoms with Crippen LogP contribution in [0.1, 0.15) is 47.2 Å². The normalized spacial score (nSPS) is 10.3. The summed E-state index contributed by atoms with van der Waals surface area (Å²) in [5.74, 6) is 0.688. The van der Waals surface area contributed by atoms with E-state index < -0.39 is 5.60 Å². The molecular weight excluding hydrogens is 254 g/mol. The van der Waals surface area contributed by atoms with E-state index in [2.05, 4.69) is 30.8 Å². The van der Waals surface area contributed by atoms with Gasteiger partial charge in [0.2, 0.25) is 0 Å². The zero-order chi connectivity index (χ0) is 15.2. The first-order chi connectivity index (χ1) is 8.74. The SMILES string of the molecule is C=C(C)c1ncc(OC(C)(C)C(=C)C)cc1S.CC. The Bertz CT molecular complexity index is 464. The van der Waals surface area contributed by atoms with E-state index >= 15 is 0 Å². The molecule has 1 aromatic heterocycles. The molecule has 0 saturated carbocycles. The second-order valence-corrected chi connectivity index (χ2v) is 5.19. The van der Waals surface area contributed by atoms with E-state index in [1.54, 1.807) is 6.20 Å². The van der Waals surface area contributed by atoms with Crippen LogP contribution in [-0.4, -0.2) is 10.6 Å². The number of nitrogens with zero attached hydrogens (tertiary/aromatic N) is 1. The van der Waals surface area contributed by atoms with Crippen LogP contribution in [0.15, 0.2) is 35.9 Å². The van der Waals surface area contributed by atoms with Gasteiger partial charge in [-0.15, -0.1) is 12.6 Å². The van der Waals surface area contributed by atoms with Gasteiger partial charge in [0, 0.05) is 4.90 Å². The maximum Gasteiger partial charge on any atom is 0.140 e. The second-order valence-electron chi connectivity index (χ2n) is 4.71. The predicted molar refractivity (Wildman–Crippen MR) is 87.1 cm³/mol. The smallest absolute Gasteiger partial charge is 0.140 e. The minimum absolute atomic E-state index is 0.410. The molecule has 0 radical (unpaired) electrons. The molecule has 0 amide bonds. The molecule has 1 rings (SSSR count). The largest absolute Gasteiger partial charge is 0.482 e. The average Bonchev–Trinajstić information content (AvgIpc) is 2.30. The molecule has 0 bridgehead atoms. The molecule has 0 atom stereocenters. The van der Waals surface area contributed by atoms with E-state index in [1.165, 1.54) is 0 Å². The van der Waals surface area contributed by atoms with Gasteiger partial charge < -0.3 is 4.74 Å². The third-order valence-electron chi connectivity index (χ3n) is 2.65. The summed E-state index contributed by atoms with van der Waals surface area (Å²) in [6.45, 7) is 19.6. The van der Waals surface area contributed by atoms with Crippen molar-refractivity contribution in [2.75, 3.05) is 0 Å². The highest BCUT2D eigenvalue weighted by Crippen LogP contribution is 2.27. The summed E-state index contributed by atoms with van der Waals surface area (Å²) >= 11 is 4.38. The first kappa shape index (κ1) is 17.8. The number of thiol groups is 1. The maximum absolute atomic E-state index is 5.84. The van der Waals surface area contributed by atoms with Crippen molar-refractivity contribution in [3.63, 3.8) is 0 Å². The van der Waals surface area contributed by atoms with E-state index in [9.17, 15) is 0 Å². The van der Waals surface area contributed by atoms with Gasteiger partial charge in [-0.3, -0.25) is 4.98 Å². The molecule has 0 aliphatic carbocycles. The molecule has 3 heteroatoms. The van der Waals surface area contributed by atoms with Gasteiger partial charge in [-0.25, -0.2) is 0 Å². The van der Waals surface area contributed by atoms with Gasteiger partial charge in [-0.1, -0.05) is 27.0 Å². The highest BCUT2D eigenvalue weighted by molar-refractivity contribution is 7.80. The summed E-state index contributed by atoms with van der Waals surface area (Å²) < 4.78 is 5.84. The Morgan fingerprint density at radius 3 is 2.16 bits per heavy atom. The van der Waals surface area contributed by atoms with Crippen LogP contribution in [0, 0.1) is 0 Å². The number of rotatable bonds is 4. The molecule has 2 nitrogen and oxygen atoms in total. The lowest BCUT2D eigenvalue weighted by molar-refractivity contribution is 0.148. The van der Waals surface area contributed by atoms with Crippen molar-refractivity contribution < 1.29 is 4.74 Å². The molecular formula is C16H25NOS. The molecule has 0 aliphatic heterocycles. The highest BCUT2D eigenvalue weighted by atomic mass is 32.1. The second kappa shape index (κ2) is 7.39. The molecule has 19 heavy (non-hydrogen) atoms. The number of allylic oxidation sites excluding steroid dienone is 1. The maximum atomic E-state index is 5.84. The lowest BCUT2D eigenvalue weighted by Gasteiger charge is -2.27. The molecule has 0 saturated heterocycles. The zero-order valence-electron chi connectivity index (χ0n) is 12.9. The van der Waals surface area contributed by atoms with Gasteiger partial charge in [-0.2, -0.15) is 0 Å². The number of hydrogen-bond donors (Lipinski definition) is 1. The van der Waals surface area contributed by atoms with E-state index in [0.29, 0.717) is 5.75 Å². The summed E-state index contributed by atoms with van der Waals surface area (Å²) in [7, 11) is 0. The number of hydrogen-bond acceptors (Lipinski definition) is 3. The van der Waals surface area contributed by atoms with Crippen LogP contribution < -0.4 is 4.74 Å². The van der Waals surface area contributed by atoms with Crippen LogP contribution >= 0.6 is 12.6 Å². The molecule has 0 N–H and O–H groups in total. The Morgan fingerprint density at radius 2 is 1.79 bits per heavy atom. The quantitative estimate of drug-likeness (QED) is 0.607. The Kier molecular flexibility index (Phi) is 6.91. The van der Waals surface area contributed by atoms with Crippen LogP contribution in [0.3, 0.4) is 0 Å². The van der Waals surface area contributed by atoms with Crippen molar-refractivity contribution in [3.05, 3.63) is 36.7 Å². The summed E-state index contributed by atoms with van der Waals surface area (Å²) in [5.41, 5.74) is 2.24. The van der Waals surface area contributed by atoms with Gasteiger partial charge in [0.25, 0.3) is 0 Å². The van der Waals surface area contributed by atoms with Crippen molar-refractivity contribution in [1.82, 2.24) is 4.98 Å². The minimum atomic E-state index is -0.410. The Morgan fingerprint density at radius 1 is 1.26 bits per heavy atom. The van der Waals surface area contributed by atoms with Crippen molar-refractivity contribution in [3.8, 4) is 5.75 Å². The van der Waals surface area contributed by atoms with Crippen molar-refractivity contribution >= 4 is 18.2 Å². The van der Waals surface area contributed by atoms with Gasteiger partial charge in [-0.05, 0) is 44.9 Å². The van der Waals surface area contributed by atoms with E-state index in [4.69, 9.17) is 4.74 Å². The molecule has 0 spiro atoms. The van der Waals surface area contributed by atoms with Crippen LogP contribution in [0.25, 0.3) is 5.57 Å². The summed E-state index contributed by atoms with van der Waals surface area (Å²) in [6.07, 6.45) is 1.69. The molecule has 0 aliphatic rings. The van der Waals surface area contributed by atoms with E-state index in [1.807, 2.05) is 47.6 Å². The van der Waals surface area contributed by atoms with Gasteiger partial charge in [0.05, 0.1) is 11.9 Å². The third kappa shape index (κ3) is 5.11. The van der Waals surface area contributed by atoms with Crippen LogP contribution in [-0.2, 0) is 0 Å². The Labute approximate surface area is 123 Å². The lowest BCUT2D eigenvalue weighted by Crippen LogP contribution is -2.29. The van der Waals surface area contributed by atoms with Crippen molar-refractivity contribution in [2.45, 2.75) is 52.0 Å². The third-order valence-corrected chi connectivity index (χ3v) is 2.99. The van der Waals surface area contributed by atoms with Crippen LogP contribution in [0.4, 0.5) is 0 Å².